The number of rotatable bonds is 3. The number of nitrogens with zero attached hydrogens (tertiary/aromatic N) is 6. The summed E-state index contributed by atoms with van der Waals surface area (Å²) in [5.41, 5.74) is 11.1. The molecule has 7 aromatic rings. The molecule has 0 radical (unpaired) electrons. The quantitative estimate of drug-likeness (QED) is 0.165. The third kappa shape index (κ3) is 7.73. The highest BCUT2D eigenvalue weighted by molar-refractivity contribution is 5.59. The molecule has 0 unspecified atom stereocenters. The number of aromatic nitrogens is 6. The Hall–Kier alpha value is -8.52. The van der Waals surface area contributed by atoms with Gasteiger partial charge >= 0.3 is 0 Å². The van der Waals surface area contributed by atoms with Crippen LogP contribution in [0.5, 0.6) is 0 Å². The summed E-state index contributed by atoms with van der Waals surface area (Å²) >= 11 is 0. The molecule has 6 heteroatoms. The van der Waals surface area contributed by atoms with Gasteiger partial charge in [0.05, 0.1) is 34.2 Å². The van der Waals surface area contributed by atoms with E-state index in [0.29, 0.717) is 0 Å². The summed E-state index contributed by atoms with van der Waals surface area (Å²) in [6, 6.07) is 36.1. The van der Waals surface area contributed by atoms with Gasteiger partial charge in [0, 0.05) is 103 Å². The van der Waals surface area contributed by atoms with Crippen LogP contribution >= 0.6 is 0 Å². The fourth-order valence-electron chi connectivity index (χ4n) is 11.6. The van der Waals surface area contributed by atoms with E-state index in [0.717, 1.165) is 125 Å². The van der Waals surface area contributed by atoms with Gasteiger partial charge in [0.15, 0.2) is 0 Å². The van der Waals surface area contributed by atoms with Crippen molar-refractivity contribution in [3.63, 3.8) is 0 Å². The Morgan fingerprint density at radius 1 is 0.261 bits per heavy atom. The van der Waals surface area contributed by atoms with Crippen LogP contribution in [0.2, 0.25) is 0 Å². The molecule has 0 atom stereocenters. The Kier molecular flexibility index (Phi) is 9.16. The predicted molar refractivity (Wildman–Crippen MR) is 266 cm³/mol. The van der Waals surface area contributed by atoms with Crippen molar-refractivity contribution < 1.29 is 0 Å². The maximum absolute atomic E-state index is 4.61. The number of benzene rings is 1. The molecule has 6 heterocycles. The molecule has 9 aliphatic rings. The molecule has 0 spiro atoms. The number of hydrogen-bond donors (Lipinski definition) is 0. The standard InChI is InChI=1S/C63H42N6/c1-4-28-64-52(7-1)55-13-10-46(34-67-55)16-22-58-37-61(38-58,39-58)25-19-49-31-50(20-26-62-40-59(41-62,42-62)23-17-47-11-14-56(68-35-47)53-8-2-5-29-65-53)33-51(32-49)21-27-63-43-60(44-63,45-63)24-18-48-12-15-57(69-36-48)54-9-3-6-30-66-54/h1-15,28-36H,37-45H2. The van der Waals surface area contributed by atoms with Gasteiger partial charge in [-0.05, 0) is 149 Å². The average Bonchev–Trinajstić information content (AvgIpc) is 3.32. The summed E-state index contributed by atoms with van der Waals surface area (Å²) in [5, 5.41) is 0. The number of hydrogen-bond acceptors (Lipinski definition) is 6. The maximum atomic E-state index is 4.61. The van der Waals surface area contributed by atoms with Crippen LogP contribution in [0.3, 0.4) is 0 Å². The van der Waals surface area contributed by atoms with Crippen LogP contribution in [0.15, 0.2) is 146 Å². The first kappa shape index (κ1) is 40.7. The van der Waals surface area contributed by atoms with Crippen molar-refractivity contribution in [1.82, 2.24) is 29.9 Å². The second-order valence-corrected chi connectivity index (χ2v) is 20.5. The predicted octanol–water partition coefficient (Wildman–Crippen LogP) is 10.8. The summed E-state index contributed by atoms with van der Waals surface area (Å²) in [6.07, 6.45) is 20.0. The van der Waals surface area contributed by atoms with Crippen LogP contribution in [0, 0.1) is 104 Å². The highest BCUT2D eigenvalue weighted by Gasteiger charge is 2.68. The normalized spacial score (nSPS) is 27.1. The third-order valence-corrected chi connectivity index (χ3v) is 14.9. The Balaban J connectivity index is 0.694. The Morgan fingerprint density at radius 2 is 0.507 bits per heavy atom. The van der Waals surface area contributed by atoms with E-state index >= 15 is 0 Å². The molecule has 16 rings (SSSR count). The van der Waals surface area contributed by atoms with Crippen molar-refractivity contribution in [1.29, 1.82) is 0 Å². The van der Waals surface area contributed by atoms with Crippen LogP contribution in [0.1, 0.15) is 91.2 Å². The fraction of sp³-hybridized carbons (Fsp3) is 0.238. The van der Waals surface area contributed by atoms with Gasteiger partial charge in [-0.25, -0.2) is 0 Å². The minimum atomic E-state index is 0.0279. The van der Waals surface area contributed by atoms with Crippen LogP contribution in [0.4, 0.5) is 0 Å². The molecule has 1 aromatic carbocycles. The molecule has 0 amide bonds. The smallest absolute Gasteiger partial charge is 0.0887 e. The average molecular weight is 883 g/mol. The van der Waals surface area contributed by atoms with E-state index in [1.807, 2.05) is 110 Å². The topological polar surface area (TPSA) is 77.3 Å². The molecule has 0 aliphatic heterocycles. The van der Waals surface area contributed by atoms with Gasteiger partial charge in [-0.3, -0.25) is 29.9 Å². The Labute approximate surface area is 403 Å². The Bertz CT molecular complexity index is 3160. The molecule has 6 bridgehead atoms. The van der Waals surface area contributed by atoms with Crippen LogP contribution < -0.4 is 0 Å². The molecular weight excluding hydrogens is 841 g/mol. The van der Waals surface area contributed by atoms with E-state index < -0.39 is 0 Å². The summed E-state index contributed by atoms with van der Waals surface area (Å²) < 4.78 is 0. The molecule has 6 aromatic heterocycles. The lowest BCUT2D eigenvalue weighted by Crippen LogP contribution is -2.60. The van der Waals surface area contributed by atoms with Gasteiger partial charge in [-0.15, -0.1) is 0 Å². The summed E-state index contributed by atoms with van der Waals surface area (Å²) in [6.45, 7) is 0. The molecular formula is C63H42N6. The lowest BCUT2D eigenvalue weighted by Gasteiger charge is -2.65. The van der Waals surface area contributed by atoms with Crippen molar-refractivity contribution in [3.8, 4) is 105 Å². The van der Waals surface area contributed by atoms with Gasteiger partial charge < -0.3 is 0 Å². The first-order valence-electron chi connectivity index (χ1n) is 23.7. The summed E-state index contributed by atoms with van der Waals surface area (Å²) in [7, 11) is 0. The van der Waals surface area contributed by atoms with E-state index in [1.165, 1.54) is 0 Å². The first-order valence-corrected chi connectivity index (χ1v) is 23.7. The molecule has 69 heavy (non-hydrogen) atoms. The van der Waals surface area contributed by atoms with Gasteiger partial charge in [0.1, 0.15) is 0 Å². The van der Waals surface area contributed by atoms with Gasteiger partial charge in [0.2, 0.25) is 0 Å². The van der Waals surface area contributed by atoms with Crippen molar-refractivity contribution in [3.05, 3.63) is 180 Å². The second-order valence-electron chi connectivity index (χ2n) is 20.5. The minimum Gasteiger partial charge on any atom is -0.255 e. The van der Waals surface area contributed by atoms with E-state index in [9.17, 15) is 0 Å². The fourth-order valence-corrected chi connectivity index (χ4v) is 11.6. The molecule has 0 saturated heterocycles. The van der Waals surface area contributed by atoms with Gasteiger partial charge in [-0.1, -0.05) is 89.2 Å². The largest absolute Gasteiger partial charge is 0.255 e. The maximum Gasteiger partial charge on any atom is 0.0887 e. The van der Waals surface area contributed by atoms with E-state index in [-0.39, 0.29) is 32.5 Å². The van der Waals surface area contributed by atoms with Gasteiger partial charge in [-0.2, -0.15) is 0 Å². The Morgan fingerprint density at radius 3 is 0.725 bits per heavy atom. The molecule has 9 saturated carbocycles. The zero-order chi connectivity index (χ0) is 46.0. The minimum absolute atomic E-state index is 0.0279. The first-order chi connectivity index (χ1) is 33.7. The highest BCUT2D eigenvalue weighted by atomic mass is 14.8. The SMILES string of the molecule is C(#CC12CC(C#Cc3cc(C#CC45CC(C#Cc6ccc(-c7ccccn7)nc6)(C4)C5)cc(C#CC45CC(C#Cc6ccc(-c7ccccn7)nc6)(C4)C5)c3)(C1)C2)c1ccc(-c2ccccn2)nc1. The van der Waals surface area contributed by atoms with E-state index in [2.05, 4.69) is 119 Å². The molecule has 6 nitrogen and oxygen atoms in total. The van der Waals surface area contributed by atoms with E-state index in [4.69, 9.17) is 0 Å². The molecule has 324 valence electrons. The summed E-state index contributed by atoms with van der Waals surface area (Å²) in [4.78, 5) is 27.1. The highest BCUT2D eigenvalue weighted by Crippen LogP contribution is 2.74. The third-order valence-electron chi connectivity index (χ3n) is 14.9. The molecule has 9 fully saturated rings. The van der Waals surface area contributed by atoms with Crippen molar-refractivity contribution in [2.75, 3.05) is 0 Å². The molecule has 0 N–H and O–H groups in total. The van der Waals surface area contributed by atoms with Crippen molar-refractivity contribution in [2.45, 2.75) is 57.8 Å². The lowest BCUT2D eigenvalue weighted by molar-refractivity contribution is -0.113. The zero-order valence-electron chi connectivity index (χ0n) is 37.9. The van der Waals surface area contributed by atoms with E-state index in [1.54, 1.807) is 18.6 Å². The monoisotopic (exact) mass is 882 g/mol. The number of pyridine rings is 6. The second kappa shape index (κ2) is 15.5. The molecule has 9 aliphatic carbocycles. The van der Waals surface area contributed by atoms with Crippen LogP contribution in [0.25, 0.3) is 34.2 Å². The van der Waals surface area contributed by atoms with Gasteiger partial charge in [0.25, 0.3) is 0 Å². The lowest BCUT2D eigenvalue weighted by atomic mass is 9.36. The van der Waals surface area contributed by atoms with Crippen molar-refractivity contribution in [2.24, 2.45) is 32.5 Å². The van der Waals surface area contributed by atoms with Crippen molar-refractivity contribution >= 4 is 0 Å². The zero-order valence-corrected chi connectivity index (χ0v) is 37.9. The van der Waals surface area contributed by atoms with Crippen LogP contribution in [-0.2, 0) is 0 Å². The van der Waals surface area contributed by atoms with Crippen LogP contribution in [-0.4, -0.2) is 29.9 Å². The summed E-state index contributed by atoms with van der Waals surface area (Å²) in [5.74, 6) is 42.8.